The third-order valence-corrected chi connectivity index (χ3v) is 9.27. The Hall–Kier alpha value is -3.30. The van der Waals surface area contributed by atoms with Crippen molar-refractivity contribution in [1.29, 1.82) is 0 Å². The molecule has 0 spiro atoms. The van der Waals surface area contributed by atoms with E-state index in [4.69, 9.17) is 4.74 Å². The number of carbonyl (C=O) groups excluding carboxylic acids is 2. The molecule has 0 bridgehead atoms. The fourth-order valence-electron chi connectivity index (χ4n) is 6.06. The van der Waals surface area contributed by atoms with Crippen molar-refractivity contribution in [3.05, 3.63) is 45.0 Å². The van der Waals surface area contributed by atoms with Gasteiger partial charge in [0.05, 0.1) is 28.9 Å². The van der Waals surface area contributed by atoms with Crippen LogP contribution < -0.4 is 0 Å². The van der Waals surface area contributed by atoms with Crippen molar-refractivity contribution in [2.75, 3.05) is 6.61 Å². The fraction of sp³-hybridized carbons (Fsp3) is 0.481. The molecule has 0 amide bonds. The van der Waals surface area contributed by atoms with Crippen LogP contribution in [0.5, 0.6) is 23.0 Å². The normalized spacial score (nSPS) is 33.7. The molecular formula is C27H32O13. The Balaban J connectivity index is 2.11. The molecule has 13 nitrogen and oxygen atoms in total. The van der Waals surface area contributed by atoms with E-state index in [1.165, 1.54) is 13.8 Å². The zero-order valence-corrected chi connectivity index (χ0v) is 22.6. The van der Waals surface area contributed by atoms with E-state index in [1.807, 2.05) is 0 Å². The average molecular weight is 565 g/mol. The van der Waals surface area contributed by atoms with Gasteiger partial charge in [0.15, 0.2) is 29.4 Å². The van der Waals surface area contributed by atoms with Gasteiger partial charge in [-0.1, -0.05) is 0 Å². The van der Waals surface area contributed by atoms with Gasteiger partial charge < -0.3 is 55.8 Å². The van der Waals surface area contributed by atoms with Crippen LogP contribution in [0, 0.1) is 6.92 Å². The molecule has 1 fully saturated rings. The summed E-state index contributed by atoms with van der Waals surface area (Å²) in [7, 11) is 0. The molecule has 2 aromatic carbocycles. The summed E-state index contributed by atoms with van der Waals surface area (Å²) in [6, 6.07) is 0.782. The Bertz CT molecular complexity index is 1490. The lowest BCUT2D eigenvalue weighted by Gasteiger charge is -2.65. The molecule has 5 atom stereocenters. The summed E-state index contributed by atoms with van der Waals surface area (Å²) >= 11 is 0. The van der Waals surface area contributed by atoms with E-state index in [1.54, 1.807) is 0 Å². The second-order valence-electron chi connectivity index (χ2n) is 11.3. The zero-order valence-electron chi connectivity index (χ0n) is 22.6. The molecule has 10 N–H and O–H groups in total. The van der Waals surface area contributed by atoms with E-state index in [9.17, 15) is 60.7 Å². The molecule has 2 aromatic rings. The smallest absolute Gasteiger partial charge is 0.198 e. The number of hydrogen-bond donors (Lipinski definition) is 10. The number of phenolic OH excluding ortho intramolecular Hbond substituents is 4. The first-order chi connectivity index (χ1) is 18.1. The molecule has 1 saturated heterocycles. The molecule has 1 heterocycles. The maximum atomic E-state index is 13.8. The highest BCUT2D eigenvalue weighted by Crippen LogP contribution is 2.62. The summed E-state index contributed by atoms with van der Waals surface area (Å²) in [5, 5.41) is 108. The van der Waals surface area contributed by atoms with Crippen LogP contribution in [0.3, 0.4) is 0 Å². The standard InChI is InChI=1S/C27H32O13/c1-9-12-10(7-11(29)13(9)22(35)36)17(30)14-15(18(12)31)19(32)16(21(34)20(14)33)24(3)26(5,38)27(6,39)25(4,37)23(2,8-28)40-24/h7,22,28-29,32-39H,8H2,1-6H3. The van der Waals surface area contributed by atoms with E-state index in [2.05, 4.69) is 0 Å². The Labute approximate surface area is 227 Å². The number of benzene rings is 2. The predicted molar refractivity (Wildman–Crippen MR) is 134 cm³/mol. The van der Waals surface area contributed by atoms with Crippen LogP contribution in [0.25, 0.3) is 0 Å². The number of ketones is 2. The van der Waals surface area contributed by atoms with Crippen molar-refractivity contribution in [2.24, 2.45) is 0 Å². The quantitative estimate of drug-likeness (QED) is 0.113. The monoisotopic (exact) mass is 564 g/mol. The molecule has 1 aliphatic carbocycles. The maximum Gasteiger partial charge on any atom is 0.198 e. The Morgan fingerprint density at radius 2 is 1.30 bits per heavy atom. The first kappa shape index (κ1) is 29.7. The van der Waals surface area contributed by atoms with E-state index >= 15 is 0 Å². The van der Waals surface area contributed by atoms with E-state index in [-0.39, 0.29) is 5.56 Å². The summed E-state index contributed by atoms with van der Waals surface area (Å²) < 4.78 is 5.96. The van der Waals surface area contributed by atoms with E-state index in [0.29, 0.717) is 0 Å². The molecule has 5 unspecified atom stereocenters. The second-order valence-corrected chi connectivity index (χ2v) is 11.3. The van der Waals surface area contributed by atoms with Gasteiger partial charge in [-0.15, -0.1) is 0 Å². The summed E-state index contributed by atoms with van der Waals surface area (Å²) in [5.74, 6) is -6.55. The van der Waals surface area contributed by atoms with Gasteiger partial charge in [-0.2, -0.15) is 0 Å². The minimum Gasteiger partial charge on any atom is -0.507 e. The van der Waals surface area contributed by atoms with Crippen LogP contribution in [0.4, 0.5) is 0 Å². The van der Waals surface area contributed by atoms with Crippen molar-refractivity contribution < 1.29 is 65.4 Å². The highest BCUT2D eigenvalue weighted by Gasteiger charge is 2.75. The van der Waals surface area contributed by atoms with Crippen LogP contribution >= 0.6 is 0 Å². The number of carbonyl (C=O) groups is 2. The fourth-order valence-corrected chi connectivity index (χ4v) is 6.06. The van der Waals surface area contributed by atoms with Gasteiger partial charge in [0, 0.05) is 11.1 Å². The molecule has 2 aliphatic rings. The zero-order chi connectivity index (χ0) is 30.7. The summed E-state index contributed by atoms with van der Waals surface area (Å²) in [5.41, 5.74) is -16.3. The minimum atomic E-state index is -2.64. The van der Waals surface area contributed by atoms with Crippen LogP contribution in [-0.2, 0) is 10.3 Å². The lowest BCUT2D eigenvalue weighted by Crippen LogP contribution is -2.83. The number of rotatable bonds is 3. The summed E-state index contributed by atoms with van der Waals surface area (Å²) in [4.78, 5) is 27.2. The van der Waals surface area contributed by atoms with Gasteiger partial charge in [-0.25, -0.2) is 0 Å². The lowest BCUT2D eigenvalue weighted by atomic mass is 9.56. The number of hydrogen-bond acceptors (Lipinski definition) is 13. The Kier molecular flexibility index (Phi) is 6.20. The van der Waals surface area contributed by atoms with Gasteiger partial charge in [-0.3, -0.25) is 9.59 Å². The number of aromatic hydroxyl groups is 4. The molecule has 13 heteroatoms. The molecule has 1 aliphatic heterocycles. The van der Waals surface area contributed by atoms with E-state index < -0.39 is 109 Å². The Morgan fingerprint density at radius 3 is 1.80 bits per heavy atom. The number of phenols is 4. The highest BCUT2D eigenvalue weighted by atomic mass is 16.6. The molecule has 0 saturated carbocycles. The molecule has 0 radical (unpaired) electrons. The van der Waals surface area contributed by atoms with Crippen molar-refractivity contribution in [2.45, 2.75) is 75.8 Å². The molecule has 40 heavy (non-hydrogen) atoms. The van der Waals surface area contributed by atoms with Gasteiger partial charge in [-0.05, 0) is 53.2 Å². The number of ether oxygens (including phenoxy) is 1. The van der Waals surface area contributed by atoms with Crippen molar-refractivity contribution in [3.8, 4) is 23.0 Å². The van der Waals surface area contributed by atoms with E-state index in [0.717, 1.165) is 33.8 Å². The van der Waals surface area contributed by atoms with Crippen molar-refractivity contribution >= 4 is 11.6 Å². The molecule has 0 aromatic heterocycles. The second kappa shape index (κ2) is 8.36. The third-order valence-electron chi connectivity index (χ3n) is 9.27. The van der Waals surface area contributed by atoms with Crippen molar-refractivity contribution in [1.82, 2.24) is 0 Å². The lowest BCUT2D eigenvalue weighted by molar-refractivity contribution is -0.407. The van der Waals surface area contributed by atoms with Crippen LogP contribution in [-0.4, -0.2) is 91.6 Å². The SMILES string of the molecule is Cc1c2c(cc(O)c1C(O)O)C(=O)c1c(O)c(O)c(C3(C)OC(C)(CO)C(C)(O)C(C)(O)C3(C)O)c(O)c1C2=O. The van der Waals surface area contributed by atoms with Crippen LogP contribution in [0.15, 0.2) is 6.07 Å². The first-order valence-electron chi connectivity index (χ1n) is 12.2. The summed E-state index contributed by atoms with van der Waals surface area (Å²) in [6.07, 6.45) is -2.25. The molecular weight excluding hydrogens is 532 g/mol. The Morgan fingerprint density at radius 1 is 0.775 bits per heavy atom. The maximum absolute atomic E-state index is 13.8. The van der Waals surface area contributed by atoms with Gasteiger partial charge >= 0.3 is 0 Å². The highest BCUT2D eigenvalue weighted by molar-refractivity contribution is 6.31. The average Bonchev–Trinajstić information content (AvgIpc) is 2.82. The number of aliphatic hydroxyl groups is 6. The van der Waals surface area contributed by atoms with Gasteiger partial charge in [0.2, 0.25) is 0 Å². The topological polar surface area (TPSA) is 246 Å². The van der Waals surface area contributed by atoms with Gasteiger partial charge in [0.1, 0.15) is 39.5 Å². The van der Waals surface area contributed by atoms with Crippen molar-refractivity contribution in [3.63, 3.8) is 0 Å². The number of fused-ring (bicyclic) bond motifs is 2. The number of aliphatic hydroxyl groups excluding tert-OH is 2. The van der Waals surface area contributed by atoms with Crippen LogP contribution in [0.2, 0.25) is 0 Å². The third kappa shape index (κ3) is 3.16. The summed E-state index contributed by atoms with van der Waals surface area (Å²) in [6.45, 7) is 5.63. The largest absolute Gasteiger partial charge is 0.507 e. The predicted octanol–water partition coefficient (Wildman–Crippen LogP) is -0.175. The van der Waals surface area contributed by atoms with Crippen LogP contribution in [0.1, 0.15) is 89.4 Å². The van der Waals surface area contributed by atoms with Gasteiger partial charge in [0.25, 0.3) is 0 Å². The minimum absolute atomic E-state index is 0.221. The molecule has 218 valence electrons. The molecule has 4 rings (SSSR count). The first-order valence-corrected chi connectivity index (χ1v) is 12.2.